The molecule has 0 aromatic rings. The Kier molecular flexibility index (Phi) is 2.51. The van der Waals surface area contributed by atoms with E-state index in [0.29, 0.717) is 23.6 Å². The molecule has 0 aromatic heterocycles. The molecule has 2 aliphatic carbocycles. The molecule has 102 valence electrons. The van der Waals surface area contributed by atoms with Crippen molar-refractivity contribution in [3.05, 3.63) is 22.8 Å². The van der Waals surface area contributed by atoms with Crippen molar-refractivity contribution < 1.29 is 19.3 Å². The quantitative estimate of drug-likeness (QED) is 0.762. The zero-order valence-electron chi connectivity index (χ0n) is 11.7. The highest BCUT2D eigenvalue weighted by Gasteiger charge is 2.71. The van der Waals surface area contributed by atoms with E-state index >= 15 is 0 Å². The van der Waals surface area contributed by atoms with E-state index in [4.69, 9.17) is 9.47 Å². The van der Waals surface area contributed by atoms with Crippen LogP contribution in [0.4, 0.5) is 0 Å². The minimum absolute atomic E-state index is 0.0384. The predicted octanol–water partition coefficient (Wildman–Crippen LogP) is 0.780. The minimum Gasteiger partial charge on any atom is -0.495 e. The molecule has 1 aliphatic heterocycles. The number of hydrogen-bond donors (Lipinski definition) is 1. The molecule has 2 fully saturated rings. The van der Waals surface area contributed by atoms with Crippen molar-refractivity contribution in [2.75, 3.05) is 20.8 Å². The zero-order chi connectivity index (χ0) is 13.9. The van der Waals surface area contributed by atoms with Gasteiger partial charge in [0.2, 0.25) is 5.78 Å². The van der Waals surface area contributed by atoms with E-state index in [1.54, 1.807) is 13.9 Å². The van der Waals surface area contributed by atoms with E-state index in [9.17, 15) is 9.82 Å². The highest BCUT2D eigenvalue weighted by molar-refractivity contribution is 6.46. The van der Waals surface area contributed by atoms with E-state index in [2.05, 4.69) is 0 Å². The Hall–Kier alpha value is -1.43. The van der Waals surface area contributed by atoms with Crippen LogP contribution in [0.2, 0.25) is 6.82 Å². The number of hydrogen-bond acceptors (Lipinski definition) is 5. The fourth-order valence-corrected chi connectivity index (χ4v) is 3.63. The van der Waals surface area contributed by atoms with Gasteiger partial charge in [0.25, 0.3) is 0 Å². The van der Waals surface area contributed by atoms with Crippen LogP contribution < -0.4 is 0 Å². The Labute approximate surface area is 113 Å². The first-order chi connectivity index (χ1) is 8.98. The summed E-state index contributed by atoms with van der Waals surface area (Å²) in [6.45, 7) is 4.25. The third kappa shape index (κ3) is 1.32. The molecule has 1 saturated carbocycles. The molecule has 3 rings (SSSR count). The SMILES string of the molecule is COC1=C(C)C(OC)=C2N(B(C)O)CC3CC23C1=O. The topological polar surface area (TPSA) is 59.0 Å². The lowest BCUT2D eigenvalue weighted by Crippen LogP contribution is -2.40. The van der Waals surface area contributed by atoms with Gasteiger partial charge in [-0.15, -0.1) is 0 Å². The minimum atomic E-state index is -0.616. The summed E-state index contributed by atoms with van der Waals surface area (Å²) >= 11 is 0. The summed E-state index contributed by atoms with van der Waals surface area (Å²) in [6.07, 6.45) is 0.831. The van der Waals surface area contributed by atoms with E-state index in [0.717, 1.165) is 12.1 Å². The molecule has 0 amide bonds. The van der Waals surface area contributed by atoms with Crippen LogP contribution in [0.1, 0.15) is 13.3 Å². The summed E-state index contributed by atoms with van der Waals surface area (Å²) in [5.41, 5.74) is 1.06. The Balaban J connectivity index is 2.20. The summed E-state index contributed by atoms with van der Waals surface area (Å²) < 4.78 is 10.8. The number of ketones is 1. The molecule has 0 bridgehead atoms. The first kappa shape index (κ1) is 12.6. The summed E-state index contributed by atoms with van der Waals surface area (Å²) in [7, 11) is 2.50. The maximum absolute atomic E-state index is 12.7. The van der Waals surface area contributed by atoms with Crippen molar-refractivity contribution in [2.45, 2.75) is 20.2 Å². The number of allylic oxidation sites excluding steroid dienone is 3. The second-order valence-corrected chi connectivity index (χ2v) is 5.53. The third-order valence-electron chi connectivity index (χ3n) is 4.60. The van der Waals surface area contributed by atoms with Crippen LogP contribution in [-0.2, 0) is 14.3 Å². The van der Waals surface area contributed by atoms with Gasteiger partial charge in [0.05, 0.1) is 25.3 Å². The number of ether oxygens (including phenoxy) is 2. The highest BCUT2D eigenvalue weighted by Crippen LogP contribution is 2.68. The van der Waals surface area contributed by atoms with Gasteiger partial charge in [0.15, 0.2) is 5.76 Å². The molecule has 3 aliphatic rings. The van der Waals surface area contributed by atoms with Gasteiger partial charge in [-0.25, -0.2) is 0 Å². The number of methoxy groups -OCH3 is 2. The van der Waals surface area contributed by atoms with Crippen LogP contribution in [0.5, 0.6) is 0 Å². The molecule has 1 spiro atoms. The van der Waals surface area contributed by atoms with E-state index in [1.807, 2.05) is 11.7 Å². The Morgan fingerprint density at radius 1 is 1.37 bits per heavy atom. The molecular formula is C13H18BNO4. The van der Waals surface area contributed by atoms with Gasteiger partial charge in [-0.1, -0.05) is 0 Å². The van der Waals surface area contributed by atoms with Crippen molar-refractivity contribution >= 4 is 12.8 Å². The molecule has 2 unspecified atom stereocenters. The summed E-state index contributed by atoms with van der Waals surface area (Å²) in [5.74, 6) is 1.39. The fourth-order valence-electron chi connectivity index (χ4n) is 3.63. The van der Waals surface area contributed by atoms with Gasteiger partial charge in [0, 0.05) is 12.1 Å². The molecule has 19 heavy (non-hydrogen) atoms. The lowest BCUT2D eigenvalue weighted by Gasteiger charge is -2.33. The van der Waals surface area contributed by atoms with Crippen molar-refractivity contribution in [3.8, 4) is 0 Å². The summed E-state index contributed by atoms with van der Waals surface area (Å²) in [4.78, 5) is 14.5. The number of carbonyl (C=O) groups is 1. The maximum Gasteiger partial charge on any atom is 0.409 e. The smallest absolute Gasteiger partial charge is 0.409 e. The Morgan fingerprint density at radius 2 is 2.00 bits per heavy atom. The van der Waals surface area contributed by atoms with Crippen LogP contribution >= 0.6 is 0 Å². The van der Waals surface area contributed by atoms with Crippen LogP contribution in [0, 0.1) is 11.3 Å². The lowest BCUT2D eigenvalue weighted by atomic mass is 9.79. The molecule has 0 radical (unpaired) electrons. The summed E-state index contributed by atoms with van der Waals surface area (Å²) in [6, 6.07) is 0. The number of carbonyl (C=O) groups excluding carboxylic acids is 1. The summed E-state index contributed by atoms with van der Waals surface area (Å²) in [5, 5.41) is 9.91. The maximum atomic E-state index is 12.7. The highest BCUT2D eigenvalue weighted by atomic mass is 16.5. The molecule has 1 heterocycles. The number of Topliss-reactive ketones (excluding diaryl/α,β-unsaturated/α-hetero) is 1. The van der Waals surface area contributed by atoms with E-state index in [1.165, 1.54) is 7.11 Å². The average Bonchev–Trinajstić information content (AvgIpc) is 2.99. The lowest BCUT2D eigenvalue weighted by molar-refractivity contribution is -0.123. The number of piperidine rings is 1. The van der Waals surface area contributed by atoms with Crippen LogP contribution in [0.15, 0.2) is 22.8 Å². The van der Waals surface area contributed by atoms with Gasteiger partial charge in [0.1, 0.15) is 5.76 Å². The van der Waals surface area contributed by atoms with Crippen molar-refractivity contribution in [1.82, 2.24) is 4.81 Å². The van der Waals surface area contributed by atoms with Crippen molar-refractivity contribution in [1.29, 1.82) is 0 Å². The van der Waals surface area contributed by atoms with Gasteiger partial charge < -0.3 is 19.3 Å². The average molecular weight is 263 g/mol. The molecule has 1 N–H and O–H groups in total. The van der Waals surface area contributed by atoms with Crippen LogP contribution in [0.3, 0.4) is 0 Å². The normalized spacial score (nSPS) is 32.4. The van der Waals surface area contributed by atoms with Crippen molar-refractivity contribution in [3.63, 3.8) is 0 Å². The molecular weight excluding hydrogens is 245 g/mol. The third-order valence-corrected chi connectivity index (χ3v) is 4.60. The molecule has 6 heteroatoms. The van der Waals surface area contributed by atoms with E-state index < -0.39 is 12.5 Å². The first-order valence-corrected chi connectivity index (χ1v) is 6.52. The van der Waals surface area contributed by atoms with Gasteiger partial charge in [-0.2, -0.15) is 0 Å². The molecule has 2 atom stereocenters. The van der Waals surface area contributed by atoms with Gasteiger partial charge >= 0.3 is 7.05 Å². The number of nitrogens with zero attached hydrogens (tertiary/aromatic N) is 1. The van der Waals surface area contributed by atoms with Crippen LogP contribution in [-0.4, -0.2) is 43.4 Å². The number of rotatable bonds is 3. The van der Waals surface area contributed by atoms with Gasteiger partial charge in [-0.3, -0.25) is 4.79 Å². The zero-order valence-corrected chi connectivity index (χ0v) is 11.7. The first-order valence-electron chi connectivity index (χ1n) is 6.52. The van der Waals surface area contributed by atoms with E-state index in [-0.39, 0.29) is 11.7 Å². The predicted molar refractivity (Wildman–Crippen MR) is 69.8 cm³/mol. The Morgan fingerprint density at radius 3 is 2.53 bits per heavy atom. The molecule has 1 saturated heterocycles. The molecule has 5 nitrogen and oxygen atoms in total. The monoisotopic (exact) mass is 263 g/mol. The Bertz CT molecular complexity index is 525. The van der Waals surface area contributed by atoms with Crippen LogP contribution in [0.25, 0.3) is 0 Å². The standard InChI is InChI=1S/C13H18BNO4/c1-7-9(18-3)11-13(12(16)10(7)19-4)5-8(13)6-15(11)14(2)17/h8,17H,5-6H2,1-4H3. The second-order valence-electron chi connectivity index (χ2n) is 5.53. The van der Waals surface area contributed by atoms with Crippen molar-refractivity contribution in [2.24, 2.45) is 11.3 Å². The fraction of sp³-hybridized carbons (Fsp3) is 0.615. The second kappa shape index (κ2) is 3.79. The van der Waals surface area contributed by atoms with Gasteiger partial charge in [-0.05, 0) is 26.1 Å². The molecule has 0 aromatic carbocycles. The largest absolute Gasteiger partial charge is 0.495 e.